The van der Waals surface area contributed by atoms with Crippen LogP contribution in [0.15, 0.2) is 6.33 Å². The van der Waals surface area contributed by atoms with E-state index in [-0.39, 0.29) is 27.8 Å². The van der Waals surface area contributed by atoms with Crippen molar-refractivity contribution in [1.82, 2.24) is 15.3 Å². The van der Waals surface area contributed by atoms with Crippen LogP contribution in [0.5, 0.6) is 0 Å². The van der Waals surface area contributed by atoms with Crippen LogP contribution in [0.1, 0.15) is 20.3 Å². The second-order valence-electron chi connectivity index (χ2n) is 5.02. The Morgan fingerprint density at radius 1 is 1.47 bits per heavy atom. The first-order valence-corrected chi connectivity index (χ1v) is 6.91. The van der Waals surface area contributed by atoms with E-state index in [1.54, 1.807) is 0 Å². The molecule has 1 saturated heterocycles. The molecule has 1 aliphatic rings. The molecular weight excluding hydrogens is 287 g/mol. The zero-order valence-electron chi connectivity index (χ0n) is 10.8. The molecule has 2 heterocycles. The Labute approximate surface area is 122 Å². The largest absolute Gasteiger partial charge is 0.316 e. The van der Waals surface area contributed by atoms with Crippen LogP contribution >= 0.6 is 23.2 Å². The number of aromatic nitrogens is 2. The molecule has 1 amide bonds. The van der Waals surface area contributed by atoms with Crippen molar-refractivity contribution >= 4 is 34.9 Å². The molecule has 0 bridgehead atoms. The summed E-state index contributed by atoms with van der Waals surface area (Å²) in [4.78, 5) is 20.2. The van der Waals surface area contributed by atoms with E-state index in [0.717, 1.165) is 13.0 Å². The molecule has 2 rings (SSSR count). The van der Waals surface area contributed by atoms with Gasteiger partial charge < -0.3 is 10.6 Å². The molecule has 0 spiro atoms. The van der Waals surface area contributed by atoms with Crippen LogP contribution in [0.2, 0.25) is 10.2 Å². The lowest BCUT2D eigenvalue weighted by Crippen LogP contribution is -2.42. The number of carbonyl (C=O) groups is 1. The van der Waals surface area contributed by atoms with E-state index in [1.807, 2.05) is 13.8 Å². The highest BCUT2D eigenvalue weighted by Gasteiger charge is 2.44. The minimum absolute atomic E-state index is 0.0795. The van der Waals surface area contributed by atoms with Gasteiger partial charge in [0.25, 0.3) is 0 Å². The quantitative estimate of drug-likeness (QED) is 0.841. The highest BCUT2D eigenvalue weighted by molar-refractivity contribution is 6.42. The molecule has 1 aliphatic heterocycles. The third kappa shape index (κ3) is 2.68. The lowest BCUT2D eigenvalue weighted by Gasteiger charge is -2.30. The lowest BCUT2D eigenvalue weighted by atomic mass is 9.75. The fourth-order valence-electron chi connectivity index (χ4n) is 2.33. The summed E-state index contributed by atoms with van der Waals surface area (Å²) < 4.78 is 0. The number of carbonyl (C=O) groups excluding carboxylic acids is 1. The van der Waals surface area contributed by atoms with E-state index in [1.165, 1.54) is 6.33 Å². The van der Waals surface area contributed by atoms with Gasteiger partial charge in [-0.3, -0.25) is 4.79 Å². The van der Waals surface area contributed by atoms with E-state index in [2.05, 4.69) is 20.6 Å². The third-order valence-corrected chi connectivity index (χ3v) is 4.47. The van der Waals surface area contributed by atoms with Gasteiger partial charge in [-0.15, -0.1) is 0 Å². The van der Waals surface area contributed by atoms with E-state index >= 15 is 0 Å². The Bertz CT molecular complexity index is 487. The average molecular weight is 303 g/mol. The number of rotatable bonds is 3. The van der Waals surface area contributed by atoms with Gasteiger partial charge in [0.1, 0.15) is 11.3 Å². The van der Waals surface area contributed by atoms with E-state index in [0.29, 0.717) is 6.54 Å². The fraction of sp³-hybridized carbons (Fsp3) is 0.583. The highest BCUT2D eigenvalue weighted by Crippen LogP contribution is 2.36. The highest BCUT2D eigenvalue weighted by atomic mass is 35.5. The zero-order valence-corrected chi connectivity index (χ0v) is 12.3. The molecule has 19 heavy (non-hydrogen) atoms. The minimum atomic E-state index is -0.430. The normalized spacial score (nSPS) is 22.8. The van der Waals surface area contributed by atoms with Gasteiger partial charge in [0, 0.05) is 6.54 Å². The van der Waals surface area contributed by atoms with Crippen LogP contribution in [0.3, 0.4) is 0 Å². The molecule has 5 nitrogen and oxygen atoms in total. The van der Waals surface area contributed by atoms with Crippen LogP contribution in [-0.2, 0) is 4.79 Å². The number of nitrogens with one attached hydrogen (secondary N) is 2. The Balaban J connectivity index is 2.23. The van der Waals surface area contributed by atoms with E-state index < -0.39 is 5.41 Å². The monoisotopic (exact) mass is 302 g/mol. The van der Waals surface area contributed by atoms with Gasteiger partial charge in [-0.05, 0) is 18.9 Å². The Morgan fingerprint density at radius 3 is 2.79 bits per heavy atom. The first-order valence-electron chi connectivity index (χ1n) is 6.15. The lowest BCUT2D eigenvalue weighted by molar-refractivity contribution is -0.126. The average Bonchev–Trinajstić information content (AvgIpc) is 2.85. The molecular formula is C12H16Cl2N4O. The number of hydrogen-bond donors (Lipinski definition) is 2. The van der Waals surface area contributed by atoms with Crippen molar-refractivity contribution in [3.8, 4) is 0 Å². The number of anilines is 1. The van der Waals surface area contributed by atoms with Crippen molar-refractivity contribution in [3.63, 3.8) is 0 Å². The number of amides is 1. The van der Waals surface area contributed by atoms with Crippen molar-refractivity contribution in [1.29, 1.82) is 0 Å². The third-order valence-electron chi connectivity index (χ3n) is 3.72. The Hall–Kier alpha value is -0.910. The van der Waals surface area contributed by atoms with Crippen molar-refractivity contribution in [2.75, 3.05) is 18.4 Å². The Morgan fingerprint density at radius 2 is 2.21 bits per heavy atom. The van der Waals surface area contributed by atoms with Crippen molar-refractivity contribution in [3.05, 3.63) is 16.5 Å². The molecule has 1 aromatic heterocycles. The molecule has 2 N–H and O–H groups in total. The summed E-state index contributed by atoms with van der Waals surface area (Å²) in [5.74, 6) is 0.404. The molecule has 1 fully saturated rings. The van der Waals surface area contributed by atoms with Crippen LogP contribution in [0, 0.1) is 11.3 Å². The first kappa shape index (κ1) is 14.5. The van der Waals surface area contributed by atoms with Crippen molar-refractivity contribution in [2.45, 2.75) is 20.3 Å². The summed E-state index contributed by atoms with van der Waals surface area (Å²) in [5.41, 5.74) is -0.430. The summed E-state index contributed by atoms with van der Waals surface area (Å²) in [5, 5.41) is 6.31. The predicted octanol–water partition coefficient (Wildman–Crippen LogP) is 2.36. The molecule has 0 aromatic carbocycles. The summed E-state index contributed by atoms with van der Waals surface area (Å²) >= 11 is 11.8. The van der Waals surface area contributed by atoms with Crippen molar-refractivity contribution < 1.29 is 4.79 Å². The van der Waals surface area contributed by atoms with Gasteiger partial charge >= 0.3 is 0 Å². The van der Waals surface area contributed by atoms with Gasteiger partial charge in [0.15, 0.2) is 11.0 Å². The second-order valence-corrected chi connectivity index (χ2v) is 5.75. The number of halogens is 2. The predicted molar refractivity (Wildman–Crippen MR) is 75.4 cm³/mol. The SMILES string of the molecule is CC(C)C1(C(=O)Nc2ncnc(Cl)c2Cl)CCNC1. The van der Waals surface area contributed by atoms with Crippen LogP contribution in [0.4, 0.5) is 5.82 Å². The molecule has 1 unspecified atom stereocenters. The summed E-state index contributed by atoms with van der Waals surface area (Å²) in [6.45, 7) is 5.58. The molecule has 1 atom stereocenters. The van der Waals surface area contributed by atoms with Crippen LogP contribution in [-0.4, -0.2) is 29.0 Å². The molecule has 7 heteroatoms. The maximum Gasteiger partial charge on any atom is 0.233 e. The number of nitrogens with zero attached hydrogens (tertiary/aromatic N) is 2. The van der Waals surface area contributed by atoms with E-state index in [4.69, 9.17) is 23.2 Å². The van der Waals surface area contributed by atoms with Crippen LogP contribution in [0.25, 0.3) is 0 Å². The maximum absolute atomic E-state index is 12.5. The smallest absolute Gasteiger partial charge is 0.233 e. The van der Waals surface area contributed by atoms with Crippen LogP contribution < -0.4 is 10.6 Å². The van der Waals surface area contributed by atoms with Crippen molar-refractivity contribution in [2.24, 2.45) is 11.3 Å². The van der Waals surface area contributed by atoms with E-state index in [9.17, 15) is 4.79 Å². The number of hydrogen-bond acceptors (Lipinski definition) is 4. The minimum Gasteiger partial charge on any atom is -0.316 e. The summed E-state index contributed by atoms with van der Waals surface area (Å²) in [6.07, 6.45) is 2.08. The fourth-order valence-corrected chi connectivity index (χ4v) is 2.61. The molecule has 0 radical (unpaired) electrons. The first-order chi connectivity index (χ1) is 8.97. The van der Waals surface area contributed by atoms with Gasteiger partial charge in [0.2, 0.25) is 5.91 Å². The molecule has 0 aliphatic carbocycles. The topological polar surface area (TPSA) is 66.9 Å². The molecule has 1 aromatic rings. The summed E-state index contributed by atoms with van der Waals surface area (Å²) in [7, 11) is 0. The maximum atomic E-state index is 12.5. The summed E-state index contributed by atoms with van der Waals surface area (Å²) in [6, 6.07) is 0. The standard InChI is InChI=1S/C12H16Cl2N4O/c1-7(2)12(3-4-15-5-12)11(19)18-10-8(13)9(14)16-6-17-10/h6-7,15H,3-5H2,1-2H3,(H,16,17,18,19). The Kier molecular flexibility index (Phi) is 4.28. The van der Waals surface area contributed by atoms with Gasteiger partial charge in [0.05, 0.1) is 5.41 Å². The zero-order chi connectivity index (χ0) is 14.0. The molecule has 104 valence electrons. The van der Waals surface area contributed by atoms with Gasteiger partial charge in [-0.1, -0.05) is 37.0 Å². The van der Waals surface area contributed by atoms with Gasteiger partial charge in [-0.2, -0.15) is 0 Å². The molecule has 0 saturated carbocycles. The second kappa shape index (κ2) is 5.61. The van der Waals surface area contributed by atoms with Gasteiger partial charge in [-0.25, -0.2) is 9.97 Å².